The van der Waals surface area contributed by atoms with Gasteiger partial charge in [-0.3, -0.25) is 4.79 Å². The van der Waals surface area contributed by atoms with Gasteiger partial charge in [-0.25, -0.2) is 23.7 Å². The molecule has 3 aromatic heterocycles. The summed E-state index contributed by atoms with van der Waals surface area (Å²) in [5.41, 5.74) is 1.55. The summed E-state index contributed by atoms with van der Waals surface area (Å²) in [7, 11) is 1.75. The van der Waals surface area contributed by atoms with Gasteiger partial charge >= 0.3 is 0 Å². The second-order valence-electron chi connectivity index (χ2n) is 7.50. The molecule has 0 unspecified atom stereocenters. The summed E-state index contributed by atoms with van der Waals surface area (Å²) in [5, 5.41) is 7.35. The average Bonchev–Trinajstić information content (AvgIpc) is 3.56. The van der Waals surface area contributed by atoms with Crippen molar-refractivity contribution >= 4 is 39.4 Å². The Balaban J connectivity index is 1.55. The Morgan fingerprint density at radius 3 is 2.81 bits per heavy atom. The summed E-state index contributed by atoms with van der Waals surface area (Å²) in [5.74, 6) is 1.64. The second kappa shape index (κ2) is 8.03. The molecule has 0 atom stereocenters. The number of fused-ring (bicyclic) bond motifs is 2. The molecule has 1 aliphatic carbocycles. The summed E-state index contributed by atoms with van der Waals surface area (Å²) in [6.07, 6.45) is 2.48. The Hall–Kier alpha value is -3.82. The maximum Gasteiger partial charge on any atom is 0.272 e. The predicted octanol–water partition coefficient (Wildman–Crippen LogP) is 4.47. The fraction of sp³-hybridized carbons (Fsp3) is 0.273. The van der Waals surface area contributed by atoms with E-state index in [1.807, 2.05) is 0 Å². The van der Waals surface area contributed by atoms with Crippen LogP contribution >= 0.6 is 0 Å². The molecule has 5 rings (SSSR count). The van der Waals surface area contributed by atoms with Gasteiger partial charge in [0.05, 0.1) is 5.56 Å². The number of carbonyl (C=O) groups is 1. The minimum atomic E-state index is -2.56. The molecule has 10 heteroatoms. The number of hydrogen-bond donors (Lipinski definition) is 2. The third-order valence-corrected chi connectivity index (χ3v) is 5.17. The molecule has 1 amide bonds. The monoisotopic (exact) mass is 439 g/mol. The quantitative estimate of drug-likeness (QED) is 0.438. The van der Waals surface area contributed by atoms with Crippen LogP contribution in [0.3, 0.4) is 0 Å². The lowest BCUT2D eigenvalue weighted by Gasteiger charge is -2.10. The largest absolute Gasteiger partial charge is 0.488 e. The molecule has 0 saturated heterocycles. The number of nitrogens with zero attached hydrogens (tertiary/aromatic N) is 3. The third-order valence-electron chi connectivity index (χ3n) is 5.17. The van der Waals surface area contributed by atoms with Crippen molar-refractivity contribution in [2.24, 2.45) is 5.92 Å². The van der Waals surface area contributed by atoms with Crippen LogP contribution in [-0.4, -0.2) is 40.9 Å². The number of hydrogen-bond acceptors (Lipinski definition) is 7. The van der Waals surface area contributed by atoms with E-state index in [2.05, 4.69) is 25.6 Å². The normalized spacial score (nSPS) is 13.6. The molecular weight excluding hydrogens is 420 g/mol. The summed E-state index contributed by atoms with van der Waals surface area (Å²) < 4.78 is 35.8. The maximum atomic E-state index is 12.4. The molecule has 164 valence electrons. The zero-order chi connectivity index (χ0) is 22.2. The van der Waals surface area contributed by atoms with Gasteiger partial charge in [-0.1, -0.05) is 0 Å². The zero-order valence-corrected chi connectivity index (χ0v) is 17.1. The van der Waals surface area contributed by atoms with Gasteiger partial charge < -0.3 is 19.8 Å². The van der Waals surface area contributed by atoms with Crippen LogP contribution in [0.15, 0.2) is 41.1 Å². The first-order chi connectivity index (χ1) is 15.5. The van der Waals surface area contributed by atoms with E-state index < -0.39 is 13.0 Å². The SMILES string of the molecule is CNc1ncc(-c2nc3cc(OCC(F)F)ccc3o2)c2cc(NC(=O)C3CC3)ncc12. The number of benzene rings is 1. The third kappa shape index (κ3) is 3.91. The minimum Gasteiger partial charge on any atom is -0.488 e. The van der Waals surface area contributed by atoms with Crippen LogP contribution in [0, 0.1) is 5.92 Å². The number of alkyl halides is 2. The Morgan fingerprint density at radius 2 is 2.06 bits per heavy atom. The minimum absolute atomic E-state index is 0.0421. The second-order valence-corrected chi connectivity index (χ2v) is 7.50. The van der Waals surface area contributed by atoms with Crippen molar-refractivity contribution in [2.75, 3.05) is 24.3 Å². The van der Waals surface area contributed by atoms with Crippen molar-refractivity contribution < 1.29 is 22.7 Å². The number of amides is 1. The van der Waals surface area contributed by atoms with Gasteiger partial charge in [-0.15, -0.1) is 0 Å². The van der Waals surface area contributed by atoms with E-state index >= 15 is 0 Å². The highest BCUT2D eigenvalue weighted by atomic mass is 19.3. The van der Waals surface area contributed by atoms with E-state index in [0.29, 0.717) is 34.2 Å². The molecule has 0 radical (unpaired) electrons. The molecule has 4 aromatic rings. The lowest BCUT2D eigenvalue weighted by molar-refractivity contribution is -0.117. The highest BCUT2D eigenvalue weighted by Gasteiger charge is 2.30. The van der Waals surface area contributed by atoms with Crippen molar-refractivity contribution in [3.63, 3.8) is 0 Å². The van der Waals surface area contributed by atoms with Crippen LogP contribution in [0.5, 0.6) is 5.75 Å². The number of ether oxygens (including phenoxy) is 1. The molecule has 2 N–H and O–H groups in total. The van der Waals surface area contributed by atoms with Gasteiger partial charge in [0.2, 0.25) is 11.8 Å². The Labute approximate surface area is 181 Å². The van der Waals surface area contributed by atoms with Crippen LogP contribution in [-0.2, 0) is 4.79 Å². The molecule has 0 aliphatic heterocycles. The van der Waals surface area contributed by atoms with Gasteiger partial charge in [0, 0.05) is 42.2 Å². The van der Waals surface area contributed by atoms with Crippen LogP contribution in [0.4, 0.5) is 20.4 Å². The van der Waals surface area contributed by atoms with E-state index in [-0.39, 0.29) is 17.6 Å². The standard InChI is InChI=1S/C22H19F2N5O3/c1-25-20-14-8-26-19(29-21(30)11-2-3-11)7-13(14)15(9-27-20)22-28-16-6-12(31-10-18(23)24)4-5-17(16)32-22/h4-9,11,18H,2-3,10H2,1H3,(H,25,27)(H,26,29,30). The number of rotatable bonds is 7. The number of carbonyl (C=O) groups excluding carboxylic acids is 1. The van der Waals surface area contributed by atoms with E-state index in [4.69, 9.17) is 9.15 Å². The van der Waals surface area contributed by atoms with E-state index in [1.165, 1.54) is 0 Å². The lowest BCUT2D eigenvalue weighted by Crippen LogP contribution is -2.14. The number of oxazole rings is 1. The smallest absolute Gasteiger partial charge is 0.272 e. The molecule has 0 spiro atoms. The lowest BCUT2D eigenvalue weighted by atomic mass is 10.1. The molecule has 32 heavy (non-hydrogen) atoms. The van der Waals surface area contributed by atoms with Crippen LogP contribution in [0.25, 0.3) is 33.3 Å². The van der Waals surface area contributed by atoms with Gasteiger partial charge in [0.25, 0.3) is 6.43 Å². The Bertz CT molecular complexity index is 1320. The first-order valence-corrected chi connectivity index (χ1v) is 10.1. The van der Waals surface area contributed by atoms with Crippen molar-refractivity contribution in [1.82, 2.24) is 15.0 Å². The number of nitrogens with one attached hydrogen (secondary N) is 2. The summed E-state index contributed by atoms with van der Waals surface area (Å²) >= 11 is 0. The van der Waals surface area contributed by atoms with Crippen molar-refractivity contribution in [3.05, 3.63) is 36.7 Å². The Morgan fingerprint density at radius 1 is 1.22 bits per heavy atom. The highest BCUT2D eigenvalue weighted by molar-refractivity contribution is 6.03. The van der Waals surface area contributed by atoms with Gasteiger partial charge in [0.1, 0.15) is 29.5 Å². The summed E-state index contributed by atoms with van der Waals surface area (Å²) in [4.78, 5) is 25.4. The van der Waals surface area contributed by atoms with E-state index in [1.54, 1.807) is 43.7 Å². The molecule has 0 bridgehead atoms. The molecule has 3 heterocycles. The molecule has 1 saturated carbocycles. The van der Waals surface area contributed by atoms with Crippen molar-refractivity contribution in [2.45, 2.75) is 19.3 Å². The molecule has 1 aromatic carbocycles. The first-order valence-electron chi connectivity index (χ1n) is 10.1. The number of aromatic nitrogens is 3. The Kier molecular flexibility index (Phi) is 5.04. The molecule has 1 aliphatic rings. The molecule has 8 nitrogen and oxygen atoms in total. The summed E-state index contributed by atoms with van der Waals surface area (Å²) in [6, 6.07) is 6.48. The van der Waals surface area contributed by atoms with Crippen LogP contribution < -0.4 is 15.4 Å². The fourth-order valence-electron chi connectivity index (χ4n) is 3.42. The zero-order valence-electron chi connectivity index (χ0n) is 17.1. The van der Waals surface area contributed by atoms with Gasteiger partial charge in [-0.2, -0.15) is 0 Å². The maximum absolute atomic E-state index is 12.4. The van der Waals surface area contributed by atoms with Crippen molar-refractivity contribution in [1.29, 1.82) is 0 Å². The topological polar surface area (TPSA) is 102 Å². The van der Waals surface area contributed by atoms with Crippen LogP contribution in [0.2, 0.25) is 0 Å². The number of pyridine rings is 2. The number of anilines is 2. The van der Waals surface area contributed by atoms with Crippen LogP contribution in [0.1, 0.15) is 12.8 Å². The molecular formula is C22H19F2N5O3. The average molecular weight is 439 g/mol. The first kappa shape index (κ1) is 20.1. The summed E-state index contributed by atoms with van der Waals surface area (Å²) in [6.45, 7) is -0.696. The number of halogens is 2. The van der Waals surface area contributed by atoms with Crippen molar-refractivity contribution in [3.8, 4) is 17.2 Å². The fourth-order valence-corrected chi connectivity index (χ4v) is 3.42. The predicted molar refractivity (Wildman–Crippen MR) is 115 cm³/mol. The highest BCUT2D eigenvalue weighted by Crippen LogP contribution is 2.35. The van der Waals surface area contributed by atoms with Gasteiger partial charge in [-0.05, 0) is 31.0 Å². The van der Waals surface area contributed by atoms with E-state index in [0.717, 1.165) is 23.6 Å². The molecule has 1 fully saturated rings. The van der Waals surface area contributed by atoms with E-state index in [9.17, 15) is 13.6 Å². The van der Waals surface area contributed by atoms with Gasteiger partial charge in [0.15, 0.2) is 5.58 Å².